The first-order valence-corrected chi connectivity index (χ1v) is 7.68. The number of piperidine rings is 1. The Hall–Kier alpha value is -1.06. The summed E-state index contributed by atoms with van der Waals surface area (Å²) in [5.74, 6) is 0.876. The van der Waals surface area contributed by atoms with Crippen LogP contribution in [0, 0.1) is 13.8 Å². The molecule has 1 aliphatic rings. The lowest BCUT2D eigenvalue weighted by molar-refractivity contribution is 0.0436. The van der Waals surface area contributed by atoms with Gasteiger partial charge in [0, 0.05) is 12.6 Å². The normalized spacial score (nSPS) is 21.7. The van der Waals surface area contributed by atoms with E-state index in [0.29, 0.717) is 19.2 Å². The molecule has 1 aromatic carbocycles. The summed E-state index contributed by atoms with van der Waals surface area (Å²) in [6.45, 7) is 8.54. The summed E-state index contributed by atoms with van der Waals surface area (Å²) < 4.78 is 5.75. The first kappa shape index (κ1) is 15.3. The third-order valence-electron chi connectivity index (χ3n) is 4.15. The lowest BCUT2D eigenvalue weighted by Gasteiger charge is -2.34. The quantitative estimate of drug-likeness (QED) is 0.898. The fourth-order valence-corrected chi connectivity index (χ4v) is 2.90. The minimum absolute atomic E-state index is 0.368. The van der Waals surface area contributed by atoms with Gasteiger partial charge in [0.15, 0.2) is 0 Å². The van der Waals surface area contributed by atoms with Crippen molar-refractivity contribution in [1.82, 2.24) is 4.90 Å². The predicted molar refractivity (Wildman–Crippen MR) is 82.3 cm³/mol. The molecular weight excluding hydrogens is 250 g/mol. The number of hydrogen-bond acceptors (Lipinski definition) is 3. The predicted octanol–water partition coefficient (Wildman–Crippen LogP) is 2.92. The van der Waals surface area contributed by atoms with E-state index in [2.05, 4.69) is 24.8 Å². The lowest BCUT2D eigenvalue weighted by atomic mass is 10.0. The molecular formula is C17H27NO2. The van der Waals surface area contributed by atoms with Crippen LogP contribution in [0.15, 0.2) is 18.2 Å². The van der Waals surface area contributed by atoms with Crippen LogP contribution in [0.3, 0.4) is 0 Å². The van der Waals surface area contributed by atoms with Gasteiger partial charge in [0.25, 0.3) is 0 Å². The van der Waals surface area contributed by atoms with Gasteiger partial charge in [-0.2, -0.15) is 0 Å². The number of aliphatic hydroxyl groups excluding tert-OH is 1. The van der Waals surface area contributed by atoms with Gasteiger partial charge in [-0.1, -0.05) is 24.1 Å². The third-order valence-corrected chi connectivity index (χ3v) is 4.15. The minimum atomic E-state index is -0.420. The smallest absolute Gasteiger partial charge is 0.122 e. The monoisotopic (exact) mass is 277 g/mol. The molecule has 0 saturated carbocycles. The van der Waals surface area contributed by atoms with Crippen molar-refractivity contribution in [3.05, 3.63) is 29.3 Å². The lowest BCUT2D eigenvalue weighted by Crippen LogP contribution is -2.43. The molecule has 1 saturated heterocycles. The number of β-amino-alcohol motifs (C(OH)–C–C–N with tert-alkyl or cyclic N) is 1. The summed E-state index contributed by atoms with van der Waals surface area (Å²) in [6, 6.07) is 6.72. The van der Waals surface area contributed by atoms with Gasteiger partial charge in [0.05, 0.1) is 0 Å². The third kappa shape index (κ3) is 4.22. The van der Waals surface area contributed by atoms with Crippen molar-refractivity contribution in [1.29, 1.82) is 0 Å². The van der Waals surface area contributed by atoms with E-state index < -0.39 is 6.10 Å². The first-order valence-electron chi connectivity index (χ1n) is 7.68. The van der Waals surface area contributed by atoms with Crippen molar-refractivity contribution in [2.75, 3.05) is 19.7 Å². The van der Waals surface area contributed by atoms with E-state index in [-0.39, 0.29) is 0 Å². The Morgan fingerprint density at radius 3 is 2.85 bits per heavy atom. The summed E-state index contributed by atoms with van der Waals surface area (Å²) in [5.41, 5.74) is 2.36. The molecule has 0 unspecified atom stereocenters. The van der Waals surface area contributed by atoms with Crippen LogP contribution >= 0.6 is 0 Å². The summed E-state index contributed by atoms with van der Waals surface area (Å²) in [5, 5.41) is 10.2. The molecule has 1 heterocycles. The van der Waals surface area contributed by atoms with Crippen molar-refractivity contribution < 1.29 is 9.84 Å². The Morgan fingerprint density at radius 1 is 1.35 bits per heavy atom. The van der Waals surface area contributed by atoms with Gasteiger partial charge in [-0.15, -0.1) is 0 Å². The number of ether oxygens (including phenoxy) is 1. The van der Waals surface area contributed by atoms with Crippen LogP contribution < -0.4 is 4.74 Å². The van der Waals surface area contributed by atoms with Gasteiger partial charge in [0.1, 0.15) is 18.5 Å². The minimum Gasteiger partial charge on any atom is -0.491 e. The van der Waals surface area contributed by atoms with Gasteiger partial charge >= 0.3 is 0 Å². The van der Waals surface area contributed by atoms with Gasteiger partial charge in [-0.25, -0.2) is 0 Å². The maximum atomic E-state index is 10.2. The summed E-state index contributed by atoms with van der Waals surface area (Å²) in [6.07, 6.45) is 3.38. The molecule has 2 atom stereocenters. The zero-order chi connectivity index (χ0) is 14.5. The molecule has 112 valence electrons. The van der Waals surface area contributed by atoms with Crippen molar-refractivity contribution in [2.45, 2.75) is 52.2 Å². The summed E-state index contributed by atoms with van der Waals surface area (Å²) in [7, 11) is 0. The first-order chi connectivity index (χ1) is 9.56. The van der Waals surface area contributed by atoms with Crippen molar-refractivity contribution in [3.8, 4) is 5.75 Å². The Morgan fingerprint density at radius 2 is 2.15 bits per heavy atom. The van der Waals surface area contributed by atoms with Gasteiger partial charge < -0.3 is 9.84 Å². The van der Waals surface area contributed by atoms with E-state index in [4.69, 9.17) is 4.74 Å². The number of hydrogen-bond donors (Lipinski definition) is 1. The molecule has 0 bridgehead atoms. The van der Waals surface area contributed by atoms with Crippen LogP contribution in [0.4, 0.5) is 0 Å². The molecule has 0 aromatic heterocycles. The molecule has 0 spiro atoms. The highest BCUT2D eigenvalue weighted by molar-refractivity contribution is 5.35. The van der Waals surface area contributed by atoms with E-state index in [1.165, 1.54) is 24.8 Å². The Labute approximate surface area is 122 Å². The highest BCUT2D eigenvalue weighted by Gasteiger charge is 2.21. The zero-order valence-electron chi connectivity index (χ0n) is 12.9. The summed E-state index contributed by atoms with van der Waals surface area (Å²) >= 11 is 0. The second-order valence-corrected chi connectivity index (χ2v) is 6.07. The zero-order valence-corrected chi connectivity index (χ0v) is 12.9. The van der Waals surface area contributed by atoms with E-state index in [1.807, 2.05) is 19.1 Å². The molecule has 3 nitrogen and oxygen atoms in total. The van der Waals surface area contributed by atoms with E-state index >= 15 is 0 Å². The number of nitrogens with zero attached hydrogens (tertiary/aromatic N) is 1. The van der Waals surface area contributed by atoms with Gasteiger partial charge in [0.2, 0.25) is 0 Å². The Bertz CT molecular complexity index is 433. The molecule has 3 heteroatoms. The maximum absolute atomic E-state index is 10.2. The molecule has 1 fully saturated rings. The fourth-order valence-electron chi connectivity index (χ4n) is 2.90. The molecule has 1 N–H and O–H groups in total. The van der Waals surface area contributed by atoms with E-state index in [1.54, 1.807) is 0 Å². The van der Waals surface area contributed by atoms with Gasteiger partial charge in [-0.05, 0) is 51.8 Å². The highest BCUT2D eigenvalue weighted by atomic mass is 16.5. The van der Waals surface area contributed by atoms with Crippen LogP contribution in [0.5, 0.6) is 5.75 Å². The van der Waals surface area contributed by atoms with Crippen molar-refractivity contribution in [2.24, 2.45) is 0 Å². The molecule has 2 rings (SSSR count). The molecule has 1 aliphatic heterocycles. The number of aliphatic hydroxyl groups is 1. The molecule has 0 aliphatic carbocycles. The number of likely N-dealkylation sites (tertiary alicyclic amines) is 1. The number of benzene rings is 1. The van der Waals surface area contributed by atoms with Crippen LogP contribution in [0.2, 0.25) is 0 Å². The average molecular weight is 277 g/mol. The SMILES string of the molecule is Cc1ccc(OC[C@H](O)CN2CCCC[C@H]2C)c(C)c1. The molecule has 20 heavy (non-hydrogen) atoms. The van der Waals surface area contributed by atoms with Crippen LogP contribution in [-0.2, 0) is 0 Å². The standard InChI is InChI=1S/C17H27NO2/c1-13-7-8-17(14(2)10-13)20-12-16(19)11-18-9-5-4-6-15(18)3/h7-8,10,15-16,19H,4-6,9,11-12H2,1-3H3/t15-,16-/m1/s1. The Kier molecular flexibility index (Phi) is 5.44. The molecule has 0 amide bonds. The fraction of sp³-hybridized carbons (Fsp3) is 0.647. The second kappa shape index (κ2) is 7.09. The molecule has 1 aromatic rings. The van der Waals surface area contributed by atoms with Crippen molar-refractivity contribution >= 4 is 0 Å². The highest BCUT2D eigenvalue weighted by Crippen LogP contribution is 2.20. The van der Waals surface area contributed by atoms with E-state index in [0.717, 1.165) is 17.9 Å². The second-order valence-electron chi connectivity index (χ2n) is 6.07. The van der Waals surface area contributed by atoms with Crippen LogP contribution in [0.1, 0.15) is 37.3 Å². The summed E-state index contributed by atoms with van der Waals surface area (Å²) in [4.78, 5) is 2.37. The number of rotatable bonds is 5. The molecule has 0 radical (unpaired) electrons. The topological polar surface area (TPSA) is 32.7 Å². The largest absolute Gasteiger partial charge is 0.491 e. The van der Waals surface area contributed by atoms with E-state index in [9.17, 15) is 5.11 Å². The van der Waals surface area contributed by atoms with Crippen LogP contribution in [-0.4, -0.2) is 41.8 Å². The maximum Gasteiger partial charge on any atom is 0.122 e. The van der Waals surface area contributed by atoms with Gasteiger partial charge in [-0.3, -0.25) is 4.90 Å². The van der Waals surface area contributed by atoms with Crippen LogP contribution in [0.25, 0.3) is 0 Å². The number of aryl methyl sites for hydroxylation is 2. The van der Waals surface area contributed by atoms with Crippen molar-refractivity contribution in [3.63, 3.8) is 0 Å². The Balaban J connectivity index is 1.81. The average Bonchev–Trinajstić information content (AvgIpc) is 2.40.